The van der Waals surface area contributed by atoms with Crippen molar-refractivity contribution in [1.29, 1.82) is 0 Å². The van der Waals surface area contributed by atoms with Gasteiger partial charge in [-0.15, -0.1) is 0 Å². The molecule has 122 valence electrons. The third kappa shape index (κ3) is 4.66. The van der Waals surface area contributed by atoms with Crippen LogP contribution in [0, 0.1) is 5.41 Å². The number of amides is 1. The van der Waals surface area contributed by atoms with Crippen molar-refractivity contribution in [3.8, 4) is 0 Å². The van der Waals surface area contributed by atoms with Gasteiger partial charge >= 0.3 is 0 Å². The first-order chi connectivity index (χ1) is 10.0. The molecule has 2 aliphatic rings. The maximum atomic E-state index is 12.1. The number of rotatable bonds is 5. The zero-order valence-corrected chi connectivity index (χ0v) is 13.9. The summed E-state index contributed by atoms with van der Waals surface area (Å²) >= 11 is 0. The van der Waals surface area contributed by atoms with E-state index in [4.69, 9.17) is 4.74 Å². The van der Waals surface area contributed by atoms with Crippen LogP contribution in [0.2, 0.25) is 0 Å². The highest BCUT2D eigenvalue weighted by atomic mass is 16.5. The molecule has 2 saturated heterocycles. The Balaban J connectivity index is 1.82. The summed E-state index contributed by atoms with van der Waals surface area (Å²) in [7, 11) is 5.86. The Morgan fingerprint density at radius 1 is 1.19 bits per heavy atom. The van der Waals surface area contributed by atoms with Crippen molar-refractivity contribution in [3.63, 3.8) is 0 Å². The average molecular weight is 297 g/mol. The topological polar surface area (TPSA) is 36.0 Å². The molecule has 0 unspecified atom stereocenters. The number of likely N-dealkylation sites (tertiary alicyclic amines) is 2. The normalized spacial score (nSPS) is 23.0. The van der Waals surface area contributed by atoms with Gasteiger partial charge in [-0.05, 0) is 58.3 Å². The lowest BCUT2D eigenvalue weighted by molar-refractivity contribution is -0.139. The quantitative estimate of drug-likeness (QED) is 0.755. The van der Waals surface area contributed by atoms with Crippen molar-refractivity contribution in [3.05, 3.63) is 0 Å². The number of ether oxygens (including phenoxy) is 1. The van der Waals surface area contributed by atoms with Crippen LogP contribution in [0.1, 0.15) is 25.7 Å². The molecule has 0 aromatic rings. The Morgan fingerprint density at radius 3 is 2.52 bits per heavy atom. The highest BCUT2D eigenvalue weighted by molar-refractivity contribution is 5.77. The van der Waals surface area contributed by atoms with E-state index >= 15 is 0 Å². The van der Waals surface area contributed by atoms with Crippen molar-refractivity contribution in [2.75, 3.05) is 67.1 Å². The van der Waals surface area contributed by atoms with E-state index in [1.807, 2.05) is 4.90 Å². The summed E-state index contributed by atoms with van der Waals surface area (Å²) in [5.74, 6) is 0.159. The van der Waals surface area contributed by atoms with Gasteiger partial charge in [0, 0.05) is 33.3 Å². The molecular formula is C16H31N3O2. The molecule has 0 aromatic heterocycles. The second kappa shape index (κ2) is 7.56. The molecule has 1 spiro atoms. The number of carbonyl (C=O) groups is 1. The minimum absolute atomic E-state index is 0.159. The first-order valence-electron chi connectivity index (χ1n) is 8.18. The molecule has 5 nitrogen and oxygen atoms in total. The molecule has 0 bridgehead atoms. The molecule has 2 heterocycles. The molecule has 0 radical (unpaired) electrons. The van der Waals surface area contributed by atoms with Gasteiger partial charge in [-0.25, -0.2) is 0 Å². The molecule has 2 fully saturated rings. The first kappa shape index (κ1) is 16.7. The van der Waals surface area contributed by atoms with E-state index in [1.165, 1.54) is 32.4 Å². The van der Waals surface area contributed by atoms with E-state index in [1.54, 1.807) is 7.11 Å². The van der Waals surface area contributed by atoms with Gasteiger partial charge in [-0.3, -0.25) is 4.79 Å². The van der Waals surface area contributed by atoms with E-state index in [0.29, 0.717) is 5.41 Å². The summed E-state index contributed by atoms with van der Waals surface area (Å²) in [6.45, 7) is 6.73. The monoisotopic (exact) mass is 297 g/mol. The Bertz CT molecular complexity index is 338. The molecule has 0 saturated carbocycles. The largest absolute Gasteiger partial charge is 0.375 e. The van der Waals surface area contributed by atoms with Crippen molar-refractivity contribution in [1.82, 2.24) is 14.7 Å². The van der Waals surface area contributed by atoms with Gasteiger partial charge in [0.15, 0.2) is 0 Å². The number of hydrogen-bond donors (Lipinski definition) is 0. The Morgan fingerprint density at radius 2 is 1.90 bits per heavy atom. The summed E-state index contributed by atoms with van der Waals surface area (Å²) in [6, 6.07) is 0. The van der Waals surface area contributed by atoms with Gasteiger partial charge < -0.3 is 19.4 Å². The van der Waals surface area contributed by atoms with Crippen molar-refractivity contribution >= 4 is 5.91 Å². The van der Waals surface area contributed by atoms with Crippen LogP contribution in [0.5, 0.6) is 0 Å². The lowest BCUT2D eigenvalue weighted by Crippen LogP contribution is -2.52. The predicted molar refractivity (Wildman–Crippen MR) is 84.4 cm³/mol. The summed E-state index contributed by atoms with van der Waals surface area (Å²) in [6.07, 6.45) is 4.90. The maximum absolute atomic E-state index is 12.1. The van der Waals surface area contributed by atoms with Crippen LogP contribution in [0.15, 0.2) is 0 Å². The van der Waals surface area contributed by atoms with E-state index in [0.717, 1.165) is 32.6 Å². The standard InChI is InChI=1S/C16H31N3O2/c1-17(2)11-12-18-9-6-16(7-10-18)5-4-8-19(14-16)15(20)13-21-3/h4-14H2,1-3H3. The molecule has 21 heavy (non-hydrogen) atoms. The SMILES string of the molecule is COCC(=O)N1CCCC2(CCN(CCN(C)C)CC2)C1. The van der Waals surface area contributed by atoms with Crippen molar-refractivity contribution in [2.24, 2.45) is 5.41 Å². The third-order valence-electron chi connectivity index (χ3n) is 5.06. The van der Waals surface area contributed by atoms with E-state index < -0.39 is 0 Å². The summed E-state index contributed by atoms with van der Waals surface area (Å²) in [5, 5.41) is 0. The van der Waals surface area contributed by atoms with Gasteiger partial charge in [0.05, 0.1) is 0 Å². The van der Waals surface area contributed by atoms with Crippen LogP contribution in [-0.4, -0.2) is 87.7 Å². The summed E-state index contributed by atoms with van der Waals surface area (Å²) in [5.41, 5.74) is 0.371. The number of likely N-dealkylation sites (N-methyl/N-ethyl adjacent to an activating group) is 1. The number of piperidine rings is 2. The zero-order chi connectivity index (χ0) is 15.3. The minimum Gasteiger partial charge on any atom is -0.375 e. The predicted octanol–water partition coefficient (Wildman–Crippen LogP) is 0.899. The van der Waals surface area contributed by atoms with Gasteiger partial charge in [-0.2, -0.15) is 0 Å². The third-order valence-corrected chi connectivity index (χ3v) is 5.06. The summed E-state index contributed by atoms with van der Waals surface area (Å²) < 4.78 is 5.00. The fraction of sp³-hybridized carbons (Fsp3) is 0.938. The highest BCUT2D eigenvalue weighted by Gasteiger charge is 2.39. The van der Waals surface area contributed by atoms with Gasteiger partial charge in [0.25, 0.3) is 0 Å². The second-order valence-electron chi connectivity index (χ2n) is 7.00. The lowest BCUT2D eigenvalue weighted by atomic mass is 9.72. The number of carbonyl (C=O) groups excluding carboxylic acids is 1. The molecule has 0 atom stereocenters. The second-order valence-corrected chi connectivity index (χ2v) is 7.00. The first-order valence-corrected chi connectivity index (χ1v) is 8.18. The zero-order valence-electron chi connectivity index (χ0n) is 13.9. The molecular weight excluding hydrogens is 266 g/mol. The number of hydrogen-bond acceptors (Lipinski definition) is 4. The Labute approximate surface area is 129 Å². The van der Waals surface area contributed by atoms with Crippen LogP contribution < -0.4 is 0 Å². The molecule has 5 heteroatoms. The number of nitrogens with zero attached hydrogens (tertiary/aromatic N) is 3. The fourth-order valence-corrected chi connectivity index (χ4v) is 3.64. The highest BCUT2D eigenvalue weighted by Crippen LogP contribution is 2.39. The Kier molecular flexibility index (Phi) is 6.02. The van der Waals surface area contributed by atoms with Gasteiger partial charge in [0.2, 0.25) is 5.91 Å². The van der Waals surface area contributed by atoms with Crippen LogP contribution >= 0.6 is 0 Å². The van der Waals surface area contributed by atoms with Crippen LogP contribution in [0.25, 0.3) is 0 Å². The maximum Gasteiger partial charge on any atom is 0.248 e. The Hall–Kier alpha value is -0.650. The summed E-state index contributed by atoms with van der Waals surface area (Å²) in [4.78, 5) is 18.9. The van der Waals surface area contributed by atoms with Gasteiger partial charge in [0.1, 0.15) is 6.61 Å². The molecule has 1 amide bonds. The molecule has 0 aromatic carbocycles. The fourth-order valence-electron chi connectivity index (χ4n) is 3.64. The van der Waals surface area contributed by atoms with Crippen LogP contribution in [0.4, 0.5) is 0 Å². The van der Waals surface area contributed by atoms with E-state index in [2.05, 4.69) is 23.9 Å². The molecule has 2 aliphatic heterocycles. The molecule has 0 N–H and O–H groups in total. The number of methoxy groups -OCH3 is 1. The van der Waals surface area contributed by atoms with E-state index in [9.17, 15) is 4.79 Å². The van der Waals surface area contributed by atoms with Crippen molar-refractivity contribution in [2.45, 2.75) is 25.7 Å². The smallest absolute Gasteiger partial charge is 0.248 e. The van der Waals surface area contributed by atoms with Crippen LogP contribution in [0.3, 0.4) is 0 Å². The van der Waals surface area contributed by atoms with Gasteiger partial charge in [-0.1, -0.05) is 0 Å². The van der Waals surface area contributed by atoms with Crippen molar-refractivity contribution < 1.29 is 9.53 Å². The molecule has 2 rings (SSSR count). The average Bonchev–Trinajstić information content (AvgIpc) is 2.47. The minimum atomic E-state index is 0.159. The lowest BCUT2D eigenvalue weighted by Gasteiger charge is -2.47. The van der Waals surface area contributed by atoms with E-state index in [-0.39, 0.29) is 12.5 Å². The van der Waals surface area contributed by atoms with Crippen LogP contribution in [-0.2, 0) is 9.53 Å². The molecule has 0 aliphatic carbocycles.